The number of aromatic nitrogens is 3. The third kappa shape index (κ3) is 4.69. The molecule has 0 bridgehead atoms. The highest BCUT2D eigenvalue weighted by Gasteiger charge is 2.11. The maximum Gasteiger partial charge on any atom is 0.291 e. The van der Waals surface area contributed by atoms with E-state index >= 15 is 0 Å². The van der Waals surface area contributed by atoms with Gasteiger partial charge in [-0.15, -0.1) is 5.10 Å². The van der Waals surface area contributed by atoms with Gasteiger partial charge in [-0.25, -0.2) is 4.98 Å². The van der Waals surface area contributed by atoms with Crippen molar-refractivity contribution in [3.05, 3.63) is 78.3 Å². The molecule has 0 amide bonds. The van der Waals surface area contributed by atoms with Crippen molar-refractivity contribution >= 4 is 45.6 Å². The lowest BCUT2D eigenvalue weighted by atomic mass is 10.2. The molecule has 0 aliphatic rings. The molecule has 0 atom stereocenters. The van der Waals surface area contributed by atoms with Crippen LogP contribution in [0.1, 0.15) is 30.3 Å². The molecular formula is C22H19Cl2N3O3S. The first kappa shape index (κ1) is 21.6. The second-order valence-corrected chi connectivity index (χ2v) is 8.68. The summed E-state index contributed by atoms with van der Waals surface area (Å²) in [7, 11) is 1.57. The Morgan fingerprint density at radius 3 is 2.71 bits per heavy atom. The summed E-state index contributed by atoms with van der Waals surface area (Å²) in [5.41, 5.74) is 1.45. The largest absolute Gasteiger partial charge is 0.493 e. The number of halogens is 2. The molecule has 2 aromatic heterocycles. The van der Waals surface area contributed by atoms with Crippen LogP contribution in [-0.4, -0.2) is 21.7 Å². The molecule has 0 radical (unpaired) electrons. The first-order valence-electron chi connectivity index (χ1n) is 9.63. The van der Waals surface area contributed by atoms with Crippen LogP contribution in [0.25, 0.3) is 11.0 Å². The number of rotatable bonds is 7. The van der Waals surface area contributed by atoms with Crippen LogP contribution in [0, 0.1) is 0 Å². The van der Waals surface area contributed by atoms with Crippen LogP contribution in [0.3, 0.4) is 0 Å². The van der Waals surface area contributed by atoms with E-state index in [1.807, 2.05) is 18.2 Å². The van der Waals surface area contributed by atoms with E-state index in [0.717, 1.165) is 24.0 Å². The number of methoxy groups -OCH3 is 1. The molecule has 9 heteroatoms. The van der Waals surface area contributed by atoms with Gasteiger partial charge in [-0.2, -0.15) is 4.52 Å². The highest BCUT2D eigenvalue weighted by atomic mass is 35.5. The Morgan fingerprint density at radius 2 is 2.00 bits per heavy atom. The third-order valence-electron chi connectivity index (χ3n) is 4.58. The SMILES string of the molecule is CCCc1nc2s/c(=C\c3ccc(OCc4ccc(Cl)cc4Cl)c(OC)c3)c(=O)n2n1. The molecule has 2 aromatic carbocycles. The average Bonchev–Trinajstić information content (AvgIpc) is 3.27. The Hall–Kier alpha value is -2.61. The molecule has 0 aliphatic heterocycles. The highest BCUT2D eigenvalue weighted by Crippen LogP contribution is 2.30. The van der Waals surface area contributed by atoms with Gasteiger partial charge in [0.2, 0.25) is 4.96 Å². The minimum atomic E-state index is -0.175. The zero-order valence-electron chi connectivity index (χ0n) is 16.9. The molecule has 0 spiro atoms. The summed E-state index contributed by atoms with van der Waals surface area (Å²) < 4.78 is 13.3. The van der Waals surface area contributed by atoms with E-state index < -0.39 is 0 Å². The molecule has 4 rings (SSSR count). The fourth-order valence-corrected chi connectivity index (χ4v) is 4.43. The van der Waals surface area contributed by atoms with Gasteiger partial charge < -0.3 is 9.47 Å². The first-order valence-corrected chi connectivity index (χ1v) is 11.2. The number of ether oxygens (including phenoxy) is 2. The van der Waals surface area contributed by atoms with Crippen LogP contribution in [0.5, 0.6) is 11.5 Å². The zero-order chi connectivity index (χ0) is 22.0. The van der Waals surface area contributed by atoms with Crippen molar-refractivity contribution in [3.63, 3.8) is 0 Å². The van der Waals surface area contributed by atoms with Crippen LogP contribution in [-0.2, 0) is 13.0 Å². The van der Waals surface area contributed by atoms with E-state index in [4.69, 9.17) is 32.7 Å². The molecule has 4 aromatic rings. The lowest BCUT2D eigenvalue weighted by Gasteiger charge is -2.12. The topological polar surface area (TPSA) is 65.7 Å². The van der Waals surface area contributed by atoms with Crippen LogP contribution in [0.2, 0.25) is 10.0 Å². The lowest BCUT2D eigenvalue weighted by Crippen LogP contribution is -2.23. The van der Waals surface area contributed by atoms with Gasteiger partial charge in [0.25, 0.3) is 5.56 Å². The quantitative estimate of drug-likeness (QED) is 0.392. The van der Waals surface area contributed by atoms with E-state index in [1.54, 1.807) is 31.4 Å². The van der Waals surface area contributed by atoms with Gasteiger partial charge in [0, 0.05) is 22.0 Å². The van der Waals surface area contributed by atoms with Crippen molar-refractivity contribution in [2.24, 2.45) is 0 Å². The van der Waals surface area contributed by atoms with Gasteiger partial charge in [-0.1, -0.05) is 53.6 Å². The molecule has 31 heavy (non-hydrogen) atoms. The number of nitrogens with zero attached hydrogens (tertiary/aromatic N) is 3. The molecular weight excluding hydrogens is 457 g/mol. The standard InChI is InChI=1S/C22H19Cl2N3O3S/c1-3-4-20-25-22-27(26-20)21(28)19(31-22)10-13-5-8-17(18(9-13)29-2)30-12-14-6-7-15(23)11-16(14)24/h5-11H,3-4,12H2,1-2H3/b19-10-. The Bertz CT molecular complexity index is 1350. The molecule has 0 fully saturated rings. The maximum absolute atomic E-state index is 12.6. The van der Waals surface area contributed by atoms with Gasteiger partial charge in [0.1, 0.15) is 6.61 Å². The zero-order valence-corrected chi connectivity index (χ0v) is 19.2. The van der Waals surface area contributed by atoms with Crippen molar-refractivity contribution in [2.75, 3.05) is 7.11 Å². The Kier molecular flexibility index (Phi) is 6.46. The summed E-state index contributed by atoms with van der Waals surface area (Å²) in [6.45, 7) is 2.32. The first-order chi connectivity index (χ1) is 15.0. The summed E-state index contributed by atoms with van der Waals surface area (Å²) >= 11 is 13.5. The van der Waals surface area contributed by atoms with Crippen molar-refractivity contribution in [1.29, 1.82) is 0 Å². The van der Waals surface area contributed by atoms with E-state index in [-0.39, 0.29) is 12.2 Å². The number of benzene rings is 2. The van der Waals surface area contributed by atoms with Crippen LogP contribution < -0.4 is 19.6 Å². The van der Waals surface area contributed by atoms with E-state index in [0.29, 0.717) is 36.9 Å². The monoisotopic (exact) mass is 475 g/mol. The van der Waals surface area contributed by atoms with Crippen LogP contribution in [0.15, 0.2) is 41.2 Å². The number of thiazole rings is 1. The molecule has 0 aliphatic carbocycles. The number of hydrogen-bond acceptors (Lipinski definition) is 6. The average molecular weight is 476 g/mol. The second kappa shape index (κ2) is 9.26. The fraction of sp³-hybridized carbons (Fsp3) is 0.227. The van der Waals surface area contributed by atoms with Crippen molar-refractivity contribution in [1.82, 2.24) is 14.6 Å². The summed E-state index contributed by atoms with van der Waals surface area (Å²) in [5, 5.41) is 5.41. The normalized spacial score (nSPS) is 11.9. The molecule has 0 saturated heterocycles. The Balaban J connectivity index is 1.59. The summed E-state index contributed by atoms with van der Waals surface area (Å²) in [4.78, 5) is 17.7. The van der Waals surface area contributed by atoms with E-state index in [2.05, 4.69) is 17.0 Å². The summed E-state index contributed by atoms with van der Waals surface area (Å²) in [6, 6.07) is 10.7. The number of fused-ring (bicyclic) bond motifs is 1. The van der Waals surface area contributed by atoms with E-state index in [1.165, 1.54) is 15.9 Å². The predicted molar refractivity (Wildman–Crippen MR) is 124 cm³/mol. The number of aryl methyl sites for hydroxylation is 1. The third-order valence-corrected chi connectivity index (χ3v) is 6.13. The summed E-state index contributed by atoms with van der Waals surface area (Å²) in [5.74, 6) is 1.82. The van der Waals surface area contributed by atoms with Crippen molar-refractivity contribution < 1.29 is 9.47 Å². The molecule has 0 saturated carbocycles. The van der Waals surface area contributed by atoms with Crippen LogP contribution >= 0.6 is 34.5 Å². The van der Waals surface area contributed by atoms with Crippen molar-refractivity contribution in [2.45, 2.75) is 26.4 Å². The van der Waals surface area contributed by atoms with Crippen molar-refractivity contribution in [3.8, 4) is 11.5 Å². The molecule has 0 N–H and O–H groups in total. The van der Waals surface area contributed by atoms with Gasteiger partial charge >= 0.3 is 0 Å². The fourth-order valence-electron chi connectivity index (χ4n) is 3.04. The predicted octanol–water partition coefficient (Wildman–Crippen LogP) is 4.55. The summed E-state index contributed by atoms with van der Waals surface area (Å²) in [6.07, 6.45) is 3.49. The number of hydrogen-bond donors (Lipinski definition) is 0. The van der Waals surface area contributed by atoms with Crippen LogP contribution in [0.4, 0.5) is 0 Å². The Labute approximate surface area is 192 Å². The minimum Gasteiger partial charge on any atom is -0.493 e. The molecule has 2 heterocycles. The Morgan fingerprint density at radius 1 is 1.16 bits per heavy atom. The second-order valence-electron chi connectivity index (χ2n) is 6.82. The molecule has 160 valence electrons. The van der Waals surface area contributed by atoms with E-state index in [9.17, 15) is 4.79 Å². The maximum atomic E-state index is 12.6. The van der Waals surface area contributed by atoms with Gasteiger partial charge in [-0.3, -0.25) is 4.79 Å². The highest BCUT2D eigenvalue weighted by molar-refractivity contribution is 7.15. The smallest absolute Gasteiger partial charge is 0.291 e. The molecule has 6 nitrogen and oxygen atoms in total. The van der Waals surface area contributed by atoms with Gasteiger partial charge in [0.15, 0.2) is 17.3 Å². The lowest BCUT2D eigenvalue weighted by molar-refractivity contribution is 0.284. The van der Waals surface area contributed by atoms with Gasteiger partial charge in [-0.05, 0) is 42.3 Å². The van der Waals surface area contributed by atoms with Gasteiger partial charge in [0.05, 0.1) is 11.6 Å². The minimum absolute atomic E-state index is 0.175. The molecule has 0 unspecified atom stereocenters.